The monoisotopic (exact) mass is 187 g/mol. The van der Waals surface area contributed by atoms with Crippen molar-refractivity contribution in [1.82, 2.24) is 9.38 Å². The molecule has 0 atom stereocenters. The molecular formula is C9H5N3O2. The lowest BCUT2D eigenvalue weighted by molar-refractivity contribution is 0.0692. The van der Waals surface area contributed by atoms with Crippen molar-refractivity contribution >= 4 is 11.5 Å². The van der Waals surface area contributed by atoms with Gasteiger partial charge in [-0.3, -0.25) is 0 Å². The molecule has 0 aliphatic carbocycles. The van der Waals surface area contributed by atoms with Gasteiger partial charge in [0.25, 0.3) is 0 Å². The number of carboxylic acid groups (broad SMARTS) is 1. The van der Waals surface area contributed by atoms with E-state index in [-0.39, 0.29) is 5.69 Å². The zero-order chi connectivity index (χ0) is 10.1. The maximum Gasteiger partial charge on any atom is 0.356 e. The van der Waals surface area contributed by atoms with Gasteiger partial charge in [0.15, 0.2) is 5.69 Å². The summed E-state index contributed by atoms with van der Waals surface area (Å²) in [7, 11) is 0. The quantitative estimate of drug-likeness (QED) is 0.719. The number of aromatic carboxylic acids is 1. The second kappa shape index (κ2) is 2.85. The van der Waals surface area contributed by atoms with Crippen molar-refractivity contribution < 1.29 is 9.90 Å². The summed E-state index contributed by atoms with van der Waals surface area (Å²) in [6.45, 7) is 0. The summed E-state index contributed by atoms with van der Waals surface area (Å²) >= 11 is 0. The first-order valence-electron chi connectivity index (χ1n) is 3.82. The Morgan fingerprint density at radius 1 is 1.64 bits per heavy atom. The highest BCUT2D eigenvalue weighted by atomic mass is 16.4. The molecule has 0 fully saturated rings. The van der Waals surface area contributed by atoms with Crippen LogP contribution >= 0.6 is 0 Å². The number of fused-ring (bicyclic) bond motifs is 1. The van der Waals surface area contributed by atoms with Crippen LogP contribution < -0.4 is 0 Å². The van der Waals surface area contributed by atoms with Crippen LogP contribution in [0.15, 0.2) is 24.7 Å². The van der Waals surface area contributed by atoms with Crippen LogP contribution in [0.3, 0.4) is 0 Å². The lowest BCUT2D eigenvalue weighted by atomic mass is 10.3. The molecule has 0 aliphatic heterocycles. The molecular weight excluding hydrogens is 182 g/mol. The van der Waals surface area contributed by atoms with E-state index in [2.05, 4.69) is 4.98 Å². The smallest absolute Gasteiger partial charge is 0.356 e. The molecule has 2 heterocycles. The van der Waals surface area contributed by atoms with Gasteiger partial charge in [0.1, 0.15) is 6.07 Å². The molecule has 0 unspecified atom stereocenters. The van der Waals surface area contributed by atoms with Gasteiger partial charge in [0.2, 0.25) is 0 Å². The number of carbonyl (C=O) groups is 1. The van der Waals surface area contributed by atoms with Gasteiger partial charge in [0, 0.05) is 18.6 Å². The van der Waals surface area contributed by atoms with E-state index in [1.165, 1.54) is 12.3 Å². The fraction of sp³-hybridized carbons (Fsp3) is 0. The van der Waals surface area contributed by atoms with Gasteiger partial charge in [-0.2, -0.15) is 5.26 Å². The van der Waals surface area contributed by atoms with E-state index in [0.29, 0.717) is 11.1 Å². The molecule has 14 heavy (non-hydrogen) atoms. The van der Waals surface area contributed by atoms with Crippen molar-refractivity contribution in [3.05, 3.63) is 35.9 Å². The molecule has 0 saturated carbocycles. The number of rotatable bonds is 1. The molecule has 0 aliphatic rings. The van der Waals surface area contributed by atoms with Crippen molar-refractivity contribution in [2.24, 2.45) is 0 Å². The van der Waals surface area contributed by atoms with Gasteiger partial charge < -0.3 is 9.51 Å². The molecule has 0 bridgehead atoms. The Morgan fingerprint density at radius 2 is 2.43 bits per heavy atom. The first-order valence-corrected chi connectivity index (χ1v) is 3.82. The van der Waals surface area contributed by atoms with Gasteiger partial charge in [-0.25, -0.2) is 9.78 Å². The fourth-order valence-electron chi connectivity index (χ4n) is 1.26. The fourth-order valence-corrected chi connectivity index (χ4v) is 1.26. The predicted octanol–water partition coefficient (Wildman–Crippen LogP) is 0.904. The van der Waals surface area contributed by atoms with E-state index in [1.54, 1.807) is 16.8 Å². The Hall–Kier alpha value is -2.35. The van der Waals surface area contributed by atoms with Crippen LogP contribution in [-0.2, 0) is 0 Å². The third-order valence-electron chi connectivity index (χ3n) is 1.85. The van der Waals surface area contributed by atoms with Crippen LogP contribution in [0.1, 0.15) is 16.1 Å². The van der Waals surface area contributed by atoms with Gasteiger partial charge in [0.05, 0.1) is 11.1 Å². The molecule has 0 aromatic carbocycles. The summed E-state index contributed by atoms with van der Waals surface area (Å²) in [6, 6.07) is 3.44. The van der Waals surface area contributed by atoms with Crippen LogP contribution in [0.25, 0.3) is 5.52 Å². The van der Waals surface area contributed by atoms with Gasteiger partial charge in [-0.1, -0.05) is 0 Å². The summed E-state index contributed by atoms with van der Waals surface area (Å²) in [5, 5.41) is 17.4. The van der Waals surface area contributed by atoms with Gasteiger partial charge >= 0.3 is 5.97 Å². The third kappa shape index (κ3) is 1.10. The van der Waals surface area contributed by atoms with E-state index < -0.39 is 5.97 Å². The molecule has 0 saturated heterocycles. The van der Waals surface area contributed by atoms with Crippen LogP contribution in [0.2, 0.25) is 0 Å². The average Bonchev–Trinajstić information content (AvgIpc) is 2.59. The summed E-state index contributed by atoms with van der Waals surface area (Å²) < 4.78 is 1.56. The Balaban J connectivity index is 2.81. The highest BCUT2D eigenvalue weighted by Crippen LogP contribution is 2.12. The van der Waals surface area contributed by atoms with E-state index in [0.717, 1.165) is 0 Å². The van der Waals surface area contributed by atoms with Crippen molar-refractivity contribution in [3.8, 4) is 6.07 Å². The highest BCUT2D eigenvalue weighted by molar-refractivity contribution is 5.93. The Bertz CT molecular complexity index is 551. The maximum absolute atomic E-state index is 10.8. The first-order chi connectivity index (χ1) is 6.72. The minimum atomic E-state index is -1.10. The van der Waals surface area contributed by atoms with Crippen molar-refractivity contribution in [2.75, 3.05) is 0 Å². The average molecular weight is 187 g/mol. The number of hydrogen-bond acceptors (Lipinski definition) is 3. The molecule has 0 spiro atoms. The Kier molecular flexibility index (Phi) is 1.68. The van der Waals surface area contributed by atoms with E-state index in [1.807, 2.05) is 6.07 Å². The molecule has 5 heteroatoms. The lowest BCUT2D eigenvalue weighted by Crippen LogP contribution is -2.02. The molecule has 5 nitrogen and oxygen atoms in total. The summed E-state index contributed by atoms with van der Waals surface area (Å²) in [6.07, 6.45) is 4.55. The summed E-state index contributed by atoms with van der Waals surface area (Å²) in [5.74, 6) is -1.10. The predicted molar refractivity (Wildman–Crippen MR) is 46.9 cm³/mol. The Labute approximate surface area is 78.8 Å². The molecule has 68 valence electrons. The van der Waals surface area contributed by atoms with E-state index in [4.69, 9.17) is 10.4 Å². The number of nitrogens with zero attached hydrogens (tertiary/aromatic N) is 3. The van der Waals surface area contributed by atoms with Crippen LogP contribution in [-0.4, -0.2) is 20.5 Å². The van der Waals surface area contributed by atoms with Crippen molar-refractivity contribution in [3.63, 3.8) is 0 Å². The lowest BCUT2D eigenvalue weighted by Gasteiger charge is -1.96. The van der Waals surface area contributed by atoms with Gasteiger partial charge in [-0.05, 0) is 6.07 Å². The normalized spacial score (nSPS) is 9.93. The molecule has 0 amide bonds. The minimum absolute atomic E-state index is 0.0472. The molecule has 1 N–H and O–H groups in total. The largest absolute Gasteiger partial charge is 0.476 e. The van der Waals surface area contributed by atoms with Gasteiger partial charge in [-0.15, -0.1) is 0 Å². The zero-order valence-corrected chi connectivity index (χ0v) is 7.01. The molecule has 2 aromatic heterocycles. The van der Waals surface area contributed by atoms with Crippen LogP contribution in [0.4, 0.5) is 0 Å². The standard InChI is InChI=1S/C9H5N3O2/c10-4-6-3-7-8(9(13)14)11-1-2-12(7)5-6/h1-3,5H,(H,13,14). The van der Waals surface area contributed by atoms with E-state index in [9.17, 15) is 4.79 Å². The second-order valence-electron chi connectivity index (χ2n) is 2.71. The second-order valence-corrected chi connectivity index (χ2v) is 2.71. The maximum atomic E-state index is 10.8. The van der Waals surface area contributed by atoms with E-state index >= 15 is 0 Å². The molecule has 0 radical (unpaired) electrons. The highest BCUT2D eigenvalue weighted by Gasteiger charge is 2.11. The zero-order valence-electron chi connectivity index (χ0n) is 7.01. The Morgan fingerprint density at radius 3 is 3.07 bits per heavy atom. The summed E-state index contributed by atoms with van der Waals surface area (Å²) in [5.41, 5.74) is 0.797. The number of nitriles is 1. The third-order valence-corrected chi connectivity index (χ3v) is 1.85. The first kappa shape index (κ1) is 8.26. The molecule has 2 aromatic rings. The van der Waals surface area contributed by atoms with Crippen LogP contribution in [0.5, 0.6) is 0 Å². The minimum Gasteiger partial charge on any atom is -0.476 e. The number of hydrogen-bond donors (Lipinski definition) is 1. The molecule has 2 rings (SSSR count). The SMILES string of the molecule is N#Cc1cc2c(C(=O)O)nccn2c1. The topological polar surface area (TPSA) is 78.4 Å². The number of carboxylic acids is 1. The van der Waals surface area contributed by atoms with Crippen LogP contribution in [0, 0.1) is 11.3 Å². The van der Waals surface area contributed by atoms with Crippen molar-refractivity contribution in [1.29, 1.82) is 5.26 Å². The number of aromatic nitrogens is 2. The van der Waals surface area contributed by atoms with Crippen molar-refractivity contribution in [2.45, 2.75) is 0 Å². The summed E-state index contributed by atoms with van der Waals surface area (Å²) in [4.78, 5) is 14.5.